The largest absolute Gasteiger partial charge is 0.495 e. The number of thioether (sulfide) groups is 1. The van der Waals surface area contributed by atoms with Gasteiger partial charge in [-0.3, -0.25) is 9.36 Å². The van der Waals surface area contributed by atoms with E-state index in [1.807, 2.05) is 6.92 Å². The maximum Gasteiger partial charge on any atom is 0.277 e. The van der Waals surface area contributed by atoms with Crippen LogP contribution >= 0.6 is 23.4 Å². The van der Waals surface area contributed by atoms with Crippen LogP contribution in [-0.4, -0.2) is 21.9 Å². The number of aromatic nitrogens is 3. The van der Waals surface area contributed by atoms with Gasteiger partial charge < -0.3 is 10.1 Å². The van der Waals surface area contributed by atoms with Crippen molar-refractivity contribution in [2.45, 2.75) is 24.1 Å². The Morgan fingerprint density at radius 2 is 1.96 bits per heavy atom. The van der Waals surface area contributed by atoms with Gasteiger partial charge in [-0.1, -0.05) is 11.6 Å². The highest BCUT2D eigenvalue weighted by molar-refractivity contribution is 7.98. The average molecular weight is 421 g/mol. The molecule has 0 fully saturated rings. The molecule has 3 rings (SSSR count). The number of nitrogens with one attached hydrogen (secondary N) is 1. The van der Waals surface area contributed by atoms with Gasteiger partial charge in [-0.25, -0.2) is 4.39 Å². The summed E-state index contributed by atoms with van der Waals surface area (Å²) >= 11 is 7.54. The summed E-state index contributed by atoms with van der Waals surface area (Å²) in [5.74, 6) is 0.918. The molecule has 3 aromatic rings. The maximum absolute atomic E-state index is 13.0. The summed E-state index contributed by atoms with van der Waals surface area (Å²) in [6.07, 6.45) is 0. The van der Waals surface area contributed by atoms with E-state index in [1.54, 1.807) is 30.3 Å². The molecule has 0 aliphatic rings. The van der Waals surface area contributed by atoms with Gasteiger partial charge in [0.15, 0.2) is 0 Å². The first-order chi connectivity index (χ1) is 13.5. The molecule has 1 heterocycles. The number of benzene rings is 2. The number of rotatable bonds is 7. The fraction of sp³-hybridized carbons (Fsp3) is 0.211. The molecule has 0 radical (unpaired) electrons. The Hall–Kier alpha value is -2.58. The van der Waals surface area contributed by atoms with E-state index < -0.39 is 0 Å². The summed E-state index contributed by atoms with van der Waals surface area (Å²) in [7, 11) is 1.54. The van der Waals surface area contributed by atoms with Crippen LogP contribution in [0.4, 0.5) is 16.0 Å². The molecule has 0 atom stereocenters. The smallest absolute Gasteiger partial charge is 0.277 e. The second kappa shape index (κ2) is 9.07. The van der Waals surface area contributed by atoms with Crippen molar-refractivity contribution in [3.05, 3.63) is 69.4 Å². The van der Waals surface area contributed by atoms with Gasteiger partial charge in [0.2, 0.25) is 5.95 Å². The van der Waals surface area contributed by atoms with Gasteiger partial charge in [0.25, 0.3) is 5.56 Å². The van der Waals surface area contributed by atoms with Crippen molar-refractivity contribution < 1.29 is 9.13 Å². The standard InChI is InChI=1S/C19H18ClFN4O2S/c1-3-25-18(26)16(11-28-14-7-4-12(21)5-8-14)23-24-19(25)22-13-6-9-17(27-2)15(20)10-13/h4-10H,3,11H2,1-2H3,(H,22,24). The van der Waals surface area contributed by atoms with E-state index in [2.05, 4.69) is 15.5 Å². The molecule has 0 unspecified atom stereocenters. The Bertz CT molecular complexity index is 1030. The zero-order valence-corrected chi connectivity index (χ0v) is 16.9. The minimum absolute atomic E-state index is 0.228. The molecule has 0 bridgehead atoms. The summed E-state index contributed by atoms with van der Waals surface area (Å²) in [5, 5.41) is 11.7. The molecule has 0 saturated heterocycles. The van der Waals surface area contributed by atoms with E-state index >= 15 is 0 Å². The van der Waals surface area contributed by atoms with E-state index in [0.29, 0.717) is 40.4 Å². The number of ether oxygens (including phenoxy) is 1. The molecule has 9 heteroatoms. The summed E-state index contributed by atoms with van der Waals surface area (Å²) in [4.78, 5) is 13.6. The summed E-state index contributed by atoms with van der Waals surface area (Å²) in [6.45, 7) is 2.28. The van der Waals surface area contributed by atoms with Gasteiger partial charge in [-0.2, -0.15) is 0 Å². The first-order valence-corrected chi connectivity index (χ1v) is 9.83. The van der Waals surface area contributed by atoms with Crippen molar-refractivity contribution in [1.29, 1.82) is 0 Å². The van der Waals surface area contributed by atoms with Gasteiger partial charge in [0.1, 0.15) is 17.3 Å². The monoisotopic (exact) mass is 420 g/mol. The first-order valence-electron chi connectivity index (χ1n) is 8.47. The van der Waals surface area contributed by atoms with E-state index in [-0.39, 0.29) is 11.4 Å². The maximum atomic E-state index is 13.0. The number of hydrogen-bond acceptors (Lipinski definition) is 6. The predicted molar refractivity (Wildman–Crippen MR) is 109 cm³/mol. The Labute approximate surface area is 170 Å². The van der Waals surface area contributed by atoms with Crippen molar-refractivity contribution in [3.63, 3.8) is 0 Å². The predicted octanol–water partition coefficient (Wildman–Crippen LogP) is 4.50. The average Bonchev–Trinajstić information content (AvgIpc) is 2.69. The lowest BCUT2D eigenvalue weighted by Crippen LogP contribution is -2.27. The number of nitrogens with zero attached hydrogens (tertiary/aromatic N) is 3. The molecule has 6 nitrogen and oxygen atoms in total. The van der Waals surface area contributed by atoms with Crippen LogP contribution in [0.3, 0.4) is 0 Å². The molecule has 146 valence electrons. The third kappa shape index (κ3) is 4.63. The van der Waals surface area contributed by atoms with Crippen LogP contribution in [0.5, 0.6) is 5.75 Å². The SMILES string of the molecule is CCn1c(Nc2ccc(OC)c(Cl)c2)nnc(CSc2ccc(F)cc2)c1=O. The minimum Gasteiger partial charge on any atom is -0.495 e. The van der Waals surface area contributed by atoms with Crippen LogP contribution in [0.25, 0.3) is 0 Å². The van der Waals surface area contributed by atoms with Crippen molar-refractivity contribution in [2.24, 2.45) is 0 Å². The second-order valence-electron chi connectivity index (χ2n) is 5.74. The van der Waals surface area contributed by atoms with E-state index in [1.165, 1.54) is 35.6 Å². The lowest BCUT2D eigenvalue weighted by molar-refractivity contribution is 0.415. The van der Waals surface area contributed by atoms with Crippen molar-refractivity contribution in [2.75, 3.05) is 12.4 Å². The van der Waals surface area contributed by atoms with Gasteiger partial charge in [0, 0.05) is 22.9 Å². The molecule has 0 aliphatic heterocycles. The molecule has 0 spiro atoms. The zero-order chi connectivity index (χ0) is 20.1. The van der Waals surface area contributed by atoms with Crippen molar-refractivity contribution >= 4 is 35.0 Å². The first kappa shape index (κ1) is 20.2. The third-order valence-electron chi connectivity index (χ3n) is 3.93. The quantitative estimate of drug-likeness (QED) is 0.568. The summed E-state index contributed by atoms with van der Waals surface area (Å²) in [6, 6.07) is 11.3. The number of hydrogen-bond donors (Lipinski definition) is 1. The molecule has 1 aromatic heterocycles. The Morgan fingerprint density at radius 3 is 2.61 bits per heavy atom. The van der Waals surface area contributed by atoms with E-state index in [9.17, 15) is 9.18 Å². The highest BCUT2D eigenvalue weighted by atomic mass is 35.5. The molecule has 28 heavy (non-hydrogen) atoms. The third-order valence-corrected chi connectivity index (χ3v) is 5.25. The highest BCUT2D eigenvalue weighted by Gasteiger charge is 2.12. The Balaban J connectivity index is 1.80. The summed E-state index contributed by atoms with van der Waals surface area (Å²) < 4.78 is 19.6. The van der Waals surface area contributed by atoms with E-state index in [4.69, 9.17) is 16.3 Å². The van der Waals surface area contributed by atoms with Crippen LogP contribution in [0.1, 0.15) is 12.6 Å². The fourth-order valence-corrected chi connectivity index (χ4v) is 3.56. The second-order valence-corrected chi connectivity index (χ2v) is 7.19. The minimum atomic E-state index is -0.299. The van der Waals surface area contributed by atoms with Gasteiger partial charge in [-0.05, 0) is 49.4 Å². The van der Waals surface area contributed by atoms with E-state index in [0.717, 1.165) is 4.90 Å². The Morgan fingerprint density at radius 1 is 1.21 bits per heavy atom. The van der Waals surface area contributed by atoms with Crippen molar-refractivity contribution in [1.82, 2.24) is 14.8 Å². The van der Waals surface area contributed by atoms with Crippen LogP contribution in [0, 0.1) is 5.82 Å². The summed E-state index contributed by atoms with van der Waals surface area (Å²) in [5.41, 5.74) is 0.763. The molecule has 0 saturated carbocycles. The lowest BCUT2D eigenvalue weighted by Gasteiger charge is -2.13. The molecule has 0 amide bonds. The topological polar surface area (TPSA) is 69.0 Å². The van der Waals surface area contributed by atoms with Crippen LogP contribution in [0.2, 0.25) is 5.02 Å². The number of methoxy groups -OCH3 is 1. The van der Waals surface area contributed by atoms with Gasteiger partial charge in [0.05, 0.1) is 12.1 Å². The van der Waals surface area contributed by atoms with Gasteiger partial charge >= 0.3 is 0 Å². The molecule has 1 N–H and O–H groups in total. The van der Waals surface area contributed by atoms with Crippen LogP contribution < -0.4 is 15.6 Å². The lowest BCUT2D eigenvalue weighted by atomic mass is 10.3. The van der Waals surface area contributed by atoms with Crippen LogP contribution in [0.15, 0.2) is 52.2 Å². The van der Waals surface area contributed by atoms with Crippen molar-refractivity contribution in [3.8, 4) is 5.75 Å². The van der Waals surface area contributed by atoms with Crippen LogP contribution in [-0.2, 0) is 12.3 Å². The normalized spacial score (nSPS) is 10.7. The molecule has 2 aromatic carbocycles. The molecular formula is C19H18ClFN4O2S. The fourth-order valence-electron chi connectivity index (χ4n) is 2.49. The number of halogens is 2. The highest BCUT2D eigenvalue weighted by Crippen LogP contribution is 2.28. The Kier molecular flexibility index (Phi) is 6.53. The van der Waals surface area contributed by atoms with Gasteiger partial charge in [-0.15, -0.1) is 22.0 Å². The number of anilines is 2. The molecule has 0 aliphatic carbocycles. The zero-order valence-electron chi connectivity index (χ0n) is 15.3. The molecular weight excluding hydrogens is 403 g/mol.